The highest BCUT2D eigenvalue weighted by Gasteiger charge is 2.22. The second-order valence-electron chi connectivity index (χ2n) is 6.22. The summed E-state index contributed by atoms with van der Waals surface area (Å²) in [4.78, 5) is 23.2. The lowest BCUT2D eigenvalue weighted by Crippen LogP contribution is -2.28. The summed E-state index contributed by atoms with van der Waals surface area (Å²) in [6, 6.07) is 5.22. The van der Waals surface area contributed by atoms with E-state index in [0.717, 1.165) is 25.9 Å². The van der Waals surface area contributed by atoms with E-state index >= 15 is 0 Å². The van der Waals surface area contributed by atoms with Gasteiger partial charge in [-0.2, -0.15) is 0 Å². The molecular formula is C19H24N4O4. The van der Waals surface area contributed by atoms with Crippen molar-refractivity contribution < 1.29 is 19.0 Å². The zero-order valence-corrected chi connectivity index (χ0v) is 16.0. The lowest BCUT2D eigenvalue weighted by Gasteiger charge is -2.17. The van der Waals surface area contributed by atoms with Crippen LogP contribution in [-0.4, -0.2) is 55.2 Å². The van der Waals surface area contributed by atoms with Crippen LogP contribution in [0, 0.1) is 6.92 Å². The normalized spacial score (nSPS) is 13.4. The molecule has 1 aliphatic rings. The van der Waals surface area contributed by atoms with Crippen LogP contribution in [0.3, 0.4) is 0 Å². The number of carbonyl (C=O) groups excluding carboxylic acids is 1. The van der Waals surface area contributed by atoms with Gasteiger partial charge >= 0.3 is 0 Å². The third-order valence-electron chi connectivity index (χ3n) is 4.39. The number of amides is 1. The summed E-state index contributed by atoms with van der Waals surface area (Å²) >= 11 is 0. The van der Waals surface area contributed by atoms with E-state index in [2.05, 4.69) is 15.3 Å². The van der Waals surface area contributed by atoms with Crippen LogP contribution in [0.5, 0.6) is 17.2 Å². The number of likely N-dealkylation sites (tertiary alicyclic amines) is 1. The van der Waals surface area contributed by atoms with Gasteiger partial charge < -0.3 is 24.4 Å². The molecule has 0 aliphatic carbocycles. The second-order valence-corrected chi connectivity index (χ2v) is 6.22. The maximum absolute atomic E-state index is 12.6. The summed E-state index contributed by atoms with van der Waals surface area (Å²) in [5, 5.41) is 3.19. The van der Waals surface area contributed by atoms with Gasteiger partial charge in [-0.25, -0.2) is 9.97 Å². The molecule has 1 fully saturated rings. The van der Waals surface area contributed by atoms with Crippen molar-refractivity contribution in [2.45, 2.75) is 19.8 Å². The Morgan fingerprint density at radius 3 is 2.19 bits per heavy atom. The Morgan fingerprint density at radius 2 is 1.63 bits per heavy atom. The number of aryl methyl sites for hydroxylation is 1. The first-order valence-corrected chi connectivity index (χ1v) is 8.77. The lowest BCUT2D eigenvalue weighted by atomic mass is 10.2. The highest BCUT2D eigenvalue weighted by molar-refractivity contribution is 5.93. The zero-order valence-electron chi connectivity index (χ0n) is 16.0. The quantitative estimate of drug-likeness (QED) is 0.834. The van der Waals surface area contributed by atoms with E-state index in [1.54, 1.807) is 46.5 Å². The fourth-order valence-corrected chi connectivity index (χ4v) is 3.12. The first kappa shape index (κ1) is 18.8. The molecule has 1 aromatic carbocycles. The van der Waals surface area contributed by atoms with Crippen LogP contribution < -0.4 is 19.5 Å². The number of anilines is 2. The minimum atomic E-state index is -0.0639. The standard InChI is InChI=1S/C19H24N4O4/c1-12-20-14(19(24)23-7-5-6-8-23)11-17(21-12)22-13-9-15(25-2)18(27-4)16(10-13)26-3/h9-11H,5-8H2,1-4H3,(H,20,21,22). The molecule has 0 spiro atoms. The second kappa shape index (κ2) is 8.11. The van der Waals surface area contributed by atoms with Gasteiger partial charge in [0.1, 0.15) is 17.3 Å². The van der Waals surface area contributed by atoms with Gasteiger partial charge in [0.05, 0.1) is 21.3 Å². The van der Waals surface area contributed by atoms with Crippen LogP contribution in [0.1, 0.15) is 29.2 Å². The number of hydrogen-bond donors (Lipinski definition) is 1. The Bertz CT molecular complexity index is 809. The molecule has 2 aromatic rings. The molecule has 1 N–H and O–H groups in total. The number of benzene rings is 1. The molecule has 2 heterocycles. The predicted octanol–water partition coefficient (Wildman–Crippen LogP) is 2.79. The van der Waals surface area contributed by atoms with E-state index in [-0.39, 0.29) is 5.91 Å². The summed E-state index contributed by atoms with van der Waals surface area (Å²) in [6.07, 6.45) is 2.07. The van der Waals surface area contributed by atoms with Gasteiger partial charge in [0.2, 0.25) is 5.75 Å². The molecule has 0 bridgehead atoms. The fraction of sp³-hybridized carbons (Fsp3) is 0.421. The third kappa shape index (κ3) is 4.05. The molecule has 3 rings (SSSR count). The minimum Gasteiger partial charge on any atom is -0.493 e. The zero-order chi connectivity index (χ0) is 19.4. The van der Waals surface area contributed by atoms with Gasteiger partial charge in [0, 0.05) is 37.0 Å². The summed E-state index contributed by atoms with van der Waals surface area (Å²) in [5.74, 6) is 2.55. The molecule has 8 nitrogen and oxygen atoms in total. The average molecular weight is 372 g/mol. The van der Waals surface area contributed by atoms with Crippen molar-refractivity contribution >= 4 is 17.4 Å². The van der Waals surface area contributed by atoms with E-state index in [9.17, 15) is 4.79 Å². The number of rotatable bonds is 6. The van der Waals surface area contributed by atoms with Crippen LogP contribution >= 0.6 is 0 Å². The number of methoxy groups -OCH3 is 3. The number of nitrogens with zero attached hydrogens (tertiary/aromatic N) is 3. The van der Waals surface area contributed by atoms with Crippen molar-refractivity contribution in [2.75, 3.05) is 39.7 Å². The van der Waals surface area contributed by atoms with Gasteiger partial charge in [-0.15, -0.1) is 0 Å². The van der Waals surface area contributed by atoms with Crippen molar-refractivity contribution in [3.63, 3.8) is 0 Å². The summed E-state index contributed by atoms with van der Waals surface area (Å²) in [7, 11) is 4.67. The van der Waals surface area contributed by atoms with Crippen LogP contribution in [0.4, 0.5) is 11.5 Å². The maximum Gasteiger partial charge on any atom is 0.272 e. The molecule has 27 heavy (non-hydrogen) atoms. The van der Waals surface area contributed by atoms with Gasteiger partial charge in [-0.1, -0.05) is 0 Å². The molecule has 1 aromatic heterocycles. The monoisotopic (exact) mass is 372 g/mol. The summed E-state index contributed by atoms with van der Waals surface area (Å²) in [6.45, 7) is 3.32. The Morgan fingerprint density at radius 1 is 1.00 bits per heavy atom. The molecule has 0 unspecified atom stereocenters. The number of carbonyl (C=O) groups is 1. The van der Waals surface area contributed by atoms with Crippen LogP contribution in [0.2, 0.25) is 0 Å². The number of hydrogen-bond acceptors (Lipinski definition) is 7. The van der Waals surface area contributed by atoms with E-state index in [0.29, 0.717) is 40.3 Å². The molecule has 1 saturated heterocycles. The molecule has 144 valence electrons. The number of nitrogens with one attached hydrogen (secondary N) is 1. The molecule has 8 heteroatoms. The molecule has 0 saturated carbocycles. The van der Waals surface area contributed by atoms with Crippen molar-refractivity contribution in [3.8, 4) is 17.2 Å². The predicted molar refractivity (Wildman–Crippen MR) is 101 cm³/mol. The average Bonchev–Trinajstić information content (AvgIpc) is 3.20. The highest BCUT2D eigenvalue weighted by atomic mass is 16.5. The minimum absolute atomic E-state index is 0.0639. The first-order valence-electron chi connectivity index (χ1n) is 8.77. The molecule has 0 atom stereocenters. The number of aromatic nitrogens is 2. The van der Waals surface area contributed by atoms with E-state index in [1.165, 1.54) is 0 Å². The van der Waals surface area contributed by atoms with Crippen LogP contribution in [0.15, 0.2) is 18.2 Å². The van der Waals surface area contributed by atoms with Gasteiger partial charge in [0.25, 0.3) is 5.91 Å². The van der Waals surface area contributed by atoms with E-state index in [4.69, 9.17) is 14.2 Å². The SMILES string of the molecule is COc1cc(Nc2cc(C(=O)N3CCCC3)nc(C)n2)cc(OC)c1OC. The molecular weight excluding hydrogens is 348 g/mol. The maximum atomic E-state index is 12.6. The largest absolute Gasteiger partial charge is 0.493 e. The number of ether oxygens (including phenoxy) is 3. The van der Waals surface area contributed by atoms with Gasteiger partial charge in [-0.3, -0.25) is 4.79 Å². The fourth-order valence-electron chi connectivity index (χ4n) is 3.12. The molecule has 1 aliphatic heterocycles. The van der Waals surface area contributed by atoms with Crippen molar-refractivity contribution in [2.24, 2.45) is 0 Å². The van der Waals surface area contributed by atoms with E-state index < -0.39 is 0 Å². The smallest absolute Gasteiger partial charge is 0.272 e. The third-order valence-corrected chi connectivity index (χ3v) is 4.39. The van der Waals surface area contributed by atoms with Crippen LogP contribution in [0.25, 0.3) is 0 Å². The van der Waals surface area contributed by atoms with Gasteiger partial charge in [0.15, 0.2) is 11.5 Å². The molecule has 1 amide bonds. The Hall–Kier alpha value is -3.03. The molecule has 0 radical (unpaired) electrons. The Kier molecular flexibility index (Phi) is 5.63. The summed E-state index contributed by atoms with van der Waals surface area (Å²) < 4.78 is 16.1. The Balaban J connectivity index is 1.90. The highest BCUT2D eigenvalue weighted by Crippen LogP contribution is 2.40. The topological polar surface area (TPSA) is 85.8 Å². The Labute approximate surface area is 158 Å². The van der Waals surface area contributed by atoms with Gasteiger partial charge in [-0.05, 0) is 19.8 Å². The summed E-state index contributed by atoms with van der Waals surface area (Å²) in [5.41, 5.74) is 1.08. The van der Waals surface area contributed by atoms with Crippen molar-refractivity contribution in [1.29, 1.82) is 0 Å². The first-order chi connectivity index (χ1) is 13.0. The van der Waals surface area contributed by atoms with Crippen molar-refractivity contribution in [3.05, 3.63) is 29.7 Å². The van der Waals surface area contributed by atoms with E-state index in [1.807, 2.05) is 4.90 Å². The van der Waals surface area contributed by atoms with Crippen LogP contribution in [-0.2, 0) is 0 Å². The van der Waals surface area contributed by atoms with Crippen molar-refractivity contribution in [1.82, 2.24) is 14.9 Å². The lowest BCUT2D eigenvalue weighted by molar-refractivity contribution is 0.0786.